The van der Waals surface area contributed by atoms with E-state index in [1.54, 1.807) is 41.9 Å². The Morgan fingerprint density at radius 2 is 1.87 bits per heavy atom. The predicted molar refractivity (Wildman–Crippen MR) is 112 cm³/mol. The molecule has 1 N–H and O–H groups in total. The van der Waals surface area contributed by atoms with E-state index in [1.807, 2.05) is 6.92 Å². The Balaban J connectivity index is 0.00000101. The average Bonchev–Trinajstić information content (AvgIpc) is 3.08. The van der Waals surface area contributed by atoms with Crippen LogP contribution in [-0.4, -0.2) is 15.7 Å². The van der Waals surface area contributed by atoms with Crippen LogP contribution in [0.2, 0.25) is 5.02 Å². The standard InChI is InChI=1S/C19H15ClF3N3O.C3H6/c1-12-17(11-25-26(12)16-7-5-15(20)6-8-16)18(27)24-10-13-3-2-4-14(9-13)19(21,22)23;1-3-2/h2-9,11H,10H2,1H3,(H,24,27);3H,1H2,2H3. The number of carbonyl (C=O) groups excluding carboxylic acids is 1. The number of hydrogen-bond acceptors (Lipinski definition) is 2. The molecule has 0 saturated carbocycles. The van der Waals surface area contributed by atoms with Crippen LogP contribution in [-0.2, 0) is 12.7 Å². The Morgan fingerprint density at radius 3 is 2.47 bits per heavy atom. The predicted octanol–water partition coefficient (Wildman–Crippen LogP) is 5.98. The summed E-state index contributed by atoms with van der Waals surface area (Å²) >= 11 is 5.87. The Morgan fingerprint density at radius 1 is 1.23 bits per heavy atom. The van der Waals surface area contributed by atoms with E-state index in [0.29, 0.717) is 21.8 Å². The van der Waals surface area contributed by atoms with Crippen molar-refractivity contribution in [3.8, 4) is 5.69 Å². The molecule has 158 valence electrons. The number of rotatable bonds is 4. The lowest BCUT2D eigenvalue weighted by molar-refractivity contribution is -0.137. The quantitative estimate of drug-likeness (QED) is 0.513. The maximum absolute atomic E-state index is 12.8. The molecule has 0 unspecified atom stereocenters. The second-order valence-electron chi connectivity index (χ2n) is 6.32. The van der Waals surface area contributed by atoms with Crippen molar-refractivity contribution in [3.63, 3.8) is 0 Å². The lowest BCUT2D eigenvalue weighted by Gasteiger charge is -2.10. The van der Waals surface area contributed by atoms with Gasteiger partial charge in [-0.05, 0) is 55.8 Å². The molecular formula is C22H21ClF3N3O. The third-order valence-electron chi connectivity index (χ3n) is 4.03. The molecule has 0 aliphatic rings. The molecule has 4 nitrogen and oxygen atoms in total. The Hall–Kier alpha value is -3.06. The van der Waals surface area contributed by atoms with Gasteiger partial charge in [0.2, 0.25) is 0 Å². The first kappa shape index (κ1) is 23.2. The van der Waals surface area contributed by atoms with Crippen molar-refractivity contribution in [2.24, 2.45) is 0 Å². The number of hydrogen-bond donors (Lipinski definition) is 1. The summed E-state index contributed by atoms with van der Waals surface area (Å²) in [6, 6.07) is 11.8. The number of nitrogens with zero attached hydrogens (tertiary/aromatic N) is 2. The highest BCUT2D eigenvalue weighted by atomic mass is 35.5. The van der Waals surface area contributed by atoms with Gasteiger partial charge in [0, 0.05) is 11.6 Å². The minimum Gasteiger partial charge on any atom is -0.348 e. The monoisotopic (exact) mass is 435 g/mol. The first-order valence-electron chi connectivity index (χ1n) is 8.99. The molecule has 30 heavy (non-hydrogen) atoms. The van der Waals surface area contributed by atoms with Gasteiger partial charge < -0.3 is 5.32 Å². The molecule has 0 atom stereocenters. The summed E-state index contributed by atoms with van der Waals surface area (Å²) in [4.78, 5) is 12.4. The van der Waals surface area contributed by atoms with Gasteiger partial charge in [0.15, 0.2) is 0 Å². The van der Waals surface area contributed by atoms with Crippen molar-refractivity contribution in [2.45, 2.75) is 26.6 Å². The number of benzene rings is 2. The van der Waals surface area contributed by atoms with Crippen LogP contribution in [0.4, 0.5) is 13.2 Å². The fraction of sp³-hybridized carbons (Fsp3) is 0.182. The van der Waals surface area contributed by atoms with E-state index >= 15 is 0 Å². The summed E-state index contributed by atoms with van der Waals surface area (Å²) in [5.41, 5.74) is 1.31. The topological polar surface area (TPSA) is 46.9 Å². The maximum atomic E-state index is 12.8. The van der Waals surface area contributed by atoms with Crippen molar-refractivity contribution in [3.05, 3.63) is 94.8 Å². The molecule has 0 spiro atoms. The Kier molecular flexibility index (Phi) is 7.83. The summed E-state index contributed by atoms with van der Waals surface area (Å²) in [6.45, 7) is 6.97. The van der Waals surface area contributed by atoms with Crippen molar-refractivity contribution in [1.82, 2.24) is 15.1 Å². The minimum atomic E-state index is -4.42. The lowest BCUT2D eigenvalue weighted by atomic mass is 10.1. The zero-order chi connectivity index (χ0) is 22.3. The number of amides is 1. The summed E-state index contributed by atoms with van der Waals surface area (Å²) in [7, 11) is 0. The molecule has 3 rings (SSSR count). The summed E-state index contributed by atoms with van der Waals surface area (Å²) in [5, 5.41) is 7.42. The lowest BCUT2D eigenvalue weighted by Crippen LogP contribution is -2.23. The molecular weight excluding hydrogens is 415 g/mol. The molecule has 0 radical (unpaired) electrons. The first-order valence-corrected chi connectivity index (χ1v) is 9.37. The van der Waals surface area contributed by atoms with Crippen LogP contribution in [0, 0.1) is 6.92 Å². The van der Waals surface area contributed by atoms with E-state index in [9.17, 15) is 18.0 Å². The Bertz CT molecular complexity index is 1010. The van der Waals surface area contributed by atoms with Gasteiger partial charge in [0.25, 0.3) is 5.91 Å². The summed E-state index contributed by atoms with van der Waals surface area (Å²) in [6.07, 6.45) is -1.25. The van der Waals surface area contributed by atoms with Gasteiger partial charge in [-0.1, -0.05) is 29.8 Å². The second-order valence-corrected chi connectivity index (χ2v) is 6.76. The van der Waals surface area contributed by atoms with Crippen LogP contribution in [0.25, 0.3) is 5.69 Å². The van der Waals surface area contributed by atoms with Crippen LogP contribution >= 0.6 is 11.6 Å². The van der Waals surface area contributed by atoms with Gasteiger partial charge in [0.05, 0.1) is 28.7 Å². The van der Waals surface area contributed by atoms with E-state index in [2.05, 4.69) is 17.0 Å². The van der Waals surface area contributed by atoms with Gasteiger partial charge in [-0.3, -0.25) is 4.79 Å². The second kappa shape index (κ2) is 10.1. The third-order valence-corrected chi connectivity index (χ3v) is 4.28. The number of alkyl halides is 3. The molecule has 1 aromatic heterocycles. The van der Waals surface area contributed by atoms with Crippen LogP contribution in [0.5, 0.6) is 0 Å². The van der Waals surface area contributed by atoms with Gasteiger partial charge in [-0.25, -0.2) is 4.68 Å². The van der Waals surface area contributed by atoms with E-state index in [0.717, 1.165) is 17.8 Å². The molecule has 2 aromatic carbocycles. The van der Waals surface area contributed by atoms with Crippen molar-refractivity contribution in [2.75, 3.05) is 0 Å². The van der Waals surface area contributed by atoms with Gasteiger partial charge in [0.1, 0.15) is 0 Å². The maximum Gasteiger partial charge on any atom is 0.416 e. The van der Waals surface area contributed by atoms with Gasteiger partial charge in [-0.15, -0.1) is 6.58 Å². The fourth-order valence-corrected chi connectivity index (χ4v) is 2.74. The van der Waals surface area contributed by atoms with Gasteiger partial charge in [-0.2, -0.15) is 18.3 Å². The van der Waals surface area contributed by atoms with E-state index in [1.165, 1.54) is 18.3 Å². The molecule has 8 heteroatoms. The molecule has 0 aliphatic carbocycles. The minimum absolute atomic E-state index is 0.0195. The van der Waals surface area contributed by atoms with Crippen LogP contribution < -0.4 is 5.32 Å². The summed E-state index contributed by atoms with van der Waals surface area (Å²) in [5.74, 6) is -0.412. The number of carbonyl (C=O) groups is 1. The molecule has 1 amide bonds. The highest BCUT2D eigenvalue weighted by Gasteiger charge is 2.30. The zero-order valence-electron chi connectivity index (χ0n) is 16.5. The smallest absolute Gasteiger partial charge is 0.348 e. The van der Waals surface area contributed by atoms with E-state index in [4.69, 9.17) is 11.6 Å². The molecule has 0 bridgehead atoms. The Labute approximate surface area is 178 Å². The zero-order valence-corrected chi connectivity index (χ0v) is 17.3. The molecule has 3 aromatic rings. The van der Waals surface area contributed by atoms with Crippen molar-refractivity contribution in [1.29, 1.82) is 0 Å². The van der Waals surface area contributed by atoms with Crippen molar-refractivity contribution < 1.29 is 18.0 Å². The first-order chi connectivity index (χ1) is 14.2. The fourth-order valence-electron chi connectivity index (χ4n) is 2.61. The number of aromatic nitrogens is 2. The van der Waals surface area contributed by atoms with Crippen LogP contribution in [0.1, 0.15) is 34.1 Å². The highest BCUT2D eigenvalue weighted by molar-refractivity contribution is 6.30. The number of halogens is 4. The normalized spacial score (nSPS) is 10.7. The van der Waals surface area contributed by atoms with E-state index in [-0.39, 0.29) is 6.54 Å². The van der Waals surface area contributed by atoms with Gasteiger partial charge >= 0.3 is 6.18 Å². The molecule has 0 fully saturated rings. The number of nitrogens with one attached hydrogen (secondary N) is 1. The molecule has 0 saturated heterocycles. The third kappa shape index (κ3) is 5.97. The average molecular weight is 436 g/mol. The van der Waals surface area contributed by atoms with Crippen LogP contribution in [0.3, 0.4) is 0 Å². The SMILES string of the molecule is C=CC.Cc1c(C(=O)NCc2cccc(C(F)(F)F)c2)cnn1-c1ccc(Cl)cc1. The largest absolute Gasteiger partial charge is 0.416 e. The van der Waals surface area contributed by atoms with Crippen LogP contribution in [0.15, 0.2) is 67.4 Å². The summed E-state index contributed by atoms with van der Waals surface area (Å²) < 4.78 is 39.9. The highest BCUT2D eigenvalue weighted by Crippen LogP contribution is 2.29. The molecule has 1 heterocycles. The van der Waals surface area contributed by atoms with Crippen molar-refractivity contribution >= 4 is 17.5 Å². The van der Waals surface area contributed by atoms with E-state index < -0.39 is 17.6 Å². The number of allylic oxidation sites excluding steroid dienone is 1. The molecule has 0 aliphatic heterocycles.